The third-order valence-corrected chi connectivity index (χ3v) is 5.67. The van der Waals surface area contributed by atoms with Crippen LogP contribution in [0.4, 0.5) is 13.2 Å². The van der Waals surface area contributed by atoms with E-state index in [9.17, 15) is 18.0 Å². The maximum Gasteiger partial charge on any atom is 0.490 e. The van der Waals surface area contributed by atoms with E-state index in [0.29, 0.717) is 24.2 Å². The molecule has 1 aromatic carbocycles. The monoisotopic (exact) mass is 467 g/mol. The fourth-order valence-corrected chi connectivity index (χ4v) is 3.97. The lowest BCUT2D eigenvalue weighted by molar-refractivity contribution is -0.192. The van der Waals surface area contributed by atoms with Crippen LogP contribution in [0.1, 0.15) is 39.3 Å². The number of halogens is 3. The summed E-state index contributed by atoms with van der Waals surface area (Å²) in [6, 6.07) is 14.1. The number of carboxylic acids is 1. The Hall–Kier alpha value is -3.25. The van der Waals surface area contributed by atoms with E-state index in [2.05, 4.69) is 25.8 Å². The van der Waals surface area contributed by atoms with Gasteiger partial charge in [-0.1, -0.05) is 30.3 Å². The molecule has 0 bridgehead atoms. The predicted octanol–water partition coefficient (Wildman–Crippen LogP) is 3.52. The number of thiophene rings is 1. The molecule has 1 amide bonds. The van der Waals surface area contributed by atoms with Crippen LogP contribution in [0.5, 0.6) is 0 Å². The number of benzene rings is 1. The van der Waals surface area contributed by atoms with E-state index in [1.54, 1.807) is 11.3 Å². The maximum absolute atomic E-state index is 12.3. The minimum Gasteiger partial charge on any atom is -0.475 e. The number of alkyl halides is 3. The Kier molecular flexibility index (Phi) is 7.59. The van der Waals surface area contributed by atoms with Crippen LogP contribution in [-0.4, -0.2) is 44.9 Å². The molecule has 1 unspecified atom stereocenters. The fourth-order valence-electron chi connectivity index (χ4n) is 2.93. The number of carboxylic acid groups (broad SMARTS) is 1. The highest BCUT2D eigenvalue weighted by Gasteiger charge is 2.38. The number of amides is 1. The van der Waals surface area contributed by atoms with Gasteiger partial charge in [0.1, 0.15) is 5.82 Å². The van der Waals surface area contributed by atoms with Crippen molar-refractivity contribution in [1.82, 2.24) is 25.8 Å². The van der Waals surface area contributed by atoms with Gasteiger partial charge in [0.2, 0.25) is 0 Å². The molecule has 4 rings (SSSR count). The van der Waals surface area contributed by atoms with Gasteiger partial charge in [0.05, 0.1) is 11.4 Å². The highest BCUT2D eigenvalue weighted by atomic mass is 32.1. The number of aliphatic carboxylic acids is 1. The van der Waals surface area contributed by atoms with Gasteiger partial charge in [-0.2, -0.15) is 18.3 Å². The zero-order valence-corrected chi connectivity index (χ0v) is 17.5. The number of H-pyrrole nitrogens is 1. The lowest BCUT2D eigenvalue weighted by atomic mass is 10.2. The van der Waals surface area contributed by atoms with E-state index >= 15 is 0 Å². The second-order valence-corrected chi connectivity index (χ2v) is 7.92. The van der Waals surface area contributed by atoms with Crippen molar-refractivity contribution in [3.05, 3.63) is 58.0 Å². The summed E-state index contributed by atoms with van der Waals surface area (Å²) < 4.78 is 31.7. The molecule has 0 radical (unpaired) electrons. The molecule has 0 aliphatic carbocycles. The van der Waals surface area contributed by atoms with Gasteiger partial charge in [0, 0.05) is 16.5 Å². The molecule has 0 saturated carbocycles. The highest BCUT2D eigenvalue weighted by molar-refractivity contribution is 7.14. The minimum absolute atomic E-state index is 0.0769. The van der Waals surface area contributed by atoms with Crippen molar-refractivity contribution in [3.8, 4) is 11.4 Å². The normalized spacial score (nSPS) is 15.7. The number of carbonyl (C=O) groups excluding carboxylic acids is 1. The molecule has 0 spiro atoms. The molecule has 170 valence electrons. The number of hydrogen-bond acceptors (Lipinski definition) is 6. The predicted molar refractivity (Wildman–Crippen MR) is 111 cm³/mol. The van der Waals surface area contributed by atoms with Gasteiger partial charge in [-0.3, -0.25) is 9.89 Å². The van der Waals surface area contributed by atoms with Gasteiger partial charge in [-0.25, -0.2) is 9.78 Å². The first-order chi connectivity index (χ1) is 15.2. The number of nitrogens with zero attached hydrogens (tertiary/aromatic N) is 2. The second-order valence-electron chi connectivity index (χ2n) is 6.81. The smallest absolute Gasteiger partial charge is 0.475 e. The second kappa shape index (κ2) is 10.4. The molecule has 1 fully saturated rings. The van der Waals surface area contributed by atoms with Crippen LogP contribution in [0.25, 0.3) is 11.4 Å². The molecule has 12 heteroatoms. The summed E-state index contributed by atoms with van der Waals surface area (Å²) in [5.41, 5.74) is 0.947. The van der Waals surface area contributed by atoms with E-state index in [0.717, 1.165) is 23.4 Å². The average Bonchev–Trinajstić information content (AvgIpc) is 3.54. The van der Waals surface area contributed by atoms with Crippen LogP contribution in [0.2, 0.25) is 0 Å². The first-order valence-corrected chi connectivity index (χ1v) is 10.4. The van der Waals surface area contributed by atoms with Crippen LogP contribution in [0.3, 0.4) is 0 Å². The number of hydrogen-bond donors (Lipinski definition) is 4. The summed E-state index contributed by atoms with van der Waals surface area (Å²) in [4.78, 5) is 27.6. The molecule has 3 aromatic rings. The number of nitrogens with one attached hydrogen (secondary N) is 3. The summed E-state index contributed by atoms with van der Waals surface area (Å²) in [6.07, 6.45) is -2.75. The van der Waals surface area contributed by atoms with Crippen LogP contribution in [-0.2, 0) is 11.3 Å². The van der Waals surface area contributed by atoms with Gasteiger partial charge in [-0.15, -0.1) is 11.3 Å². The quantitative estimate of drug-likeness (QED) is 0.456. The standard InChI is InChI=1S/C18H19N5OS.C2HF3O2/c24-18(15-9-8-14(25-15)13-7-4-10-19-13)20-11-16-21-17(23-22-16)12-5-2-1-3-6-12;3-2(4,5)1(6)7/h1-3,5-6,8-9,13,19H,4,7,10-11H2,(H,20,24)(H,21,22,23);(H,6,7). The SMILES string of the molecule is O=C(NCc1nc(-c2ccccc2)n[nH]1)c1ccc(C2CCCN2)s1.O=C(O)C(F)(F)F. The summed E-state index contributed by atoms with van der Waals surface area (Å²) in [5, 5.41) is 20.6. The van der Waals surface area contributed by atoms with Crippen molar-refractivity contribution in [2.45, 2.75) is 31.6 Å². The first-order valence-electron chi connectivity index (χ1n) is 9.62. The Labute approximate surface area is 184 Å². The van der Waals surface area contributed by atoms with Gasteiger partial charge in [0.15, 0.2) is 5.82 Å². The van der Waals surface area contributed by atoms with Gasteiger partial charge < -0.3 is 15.7 Å². The van der Waals surface area contributed by atoms with Crippen LogP contribution >= 0.6 is 11.3 Å². The third-order valence-electron chi connectivity index (χ3n) is 4.48. The molecular formula is C20H20F3N5O3S. The van der Waals surface area contributed by atoms with Crippen LogP contribution < -0.4 is 10.6 Å². The van der Waals surface area contributed by atoms with Crippen molar-refractivity contribution in [3.63, 3.8) is 0 Å². The number of carbonyl (C=O) groups is 2. The van der Waals surface area contributed by atoms with Crippen LogP contribution in [0.15, 0.2) is 42.5 Å². The largest absolute Gasteiger partial charge is 0.490 e. The van der Waals surface area contributed by atoms with Gasteiger partial charge >= 0.3 is 12.1 Å². The van der Waals surface area contributed by atoms with Crippen molar-refractivity contribution < 1.29 is 27.9 Å². The van der Waals surface area contributed by atoms with E-state index < -0.39 is 12.1 Å². The summed E-state index contributed by atoms with van der Waals surface area (Å²) >= 11 is 1.55. The molecule has 4 N–H and O–H groups in total. The van der Waals surface area contributed by atoms with Crippen molar-refractivity contribution in [2.24, 2.45) is 0 Å². The summed E-state index contributed by atoms with van der Waals surface area (Å²) in [5.74, 6) is -1.56. The Morgan fingerprint density at radius 2 is 1.91 bits per heavy atom. The third kappa shape index (κ3) is 6.37. The van der Waals surface area contributed by atoms with Crippen molar-refractivity contribution in [1.29, 1.82) is 0 Å². The number of aromatic amines is 1. The summed E-state index contributed by atoms with van der Waals surface area (Å²) in [6.45, 7) is 1.38. The first kappa shape index (κ1) is 23.4. The molecule has 2 aromatic heterocycles. The molecule has 3 heterocycles. The Morgan fingerprint density at radius 3 is 2.53 bits per heavy atom. The molecule has 32 heavy (non-hydrogen) atoms. The lowest BCUT2D eigenvalue weighted by Gasteiger charge is -2.06. The van der Waals surface area contributed by atoms with Gasteiger partial charge in [-0.05, 0) is 31.5 Å². The Bertz CT molecular complexity index is 1050. The van der Waals surface area contributed by atoms with Crippen molar-refractivity contribution >= 4 is 23.2 Å². The number of rotatable bonds is 5. The summed E-state index contributed by atoms with van der Waals surface area (Å²) in [7, 11) is 0. The fraction of sp³-hybridized carbons (Fsp3) is 0.300. The zero-order valence-electron chi connectivity index (χ0n) is 16.6. The van der Waals surface area contributed by atoms with Gasteiger partial charge in [0.25, 0.3) is 5.91 Å². The van der Waals surface area contributed by atoms with Crippen LogP contribution in [0, 0.1) is 0 Å². The zero-order chi connectivity index (χ0) is 23.1. The van der Waals surface area contributed by atoms with E-state index in [4.69, 9.17) is 9.90 Å². The Balaban J connectivity index is 0.000000360. The maximum atomic E-state index is 12.3. The molecular weight excluding hydrogens is 447 g/mol. The molecule has 1 aliphatic heterocycles. The topological polar surface area (TPSA) is 120 Å². The molecule has 1 atom stereocenters. The lowest BCUT2D eigenvalue weighted by Crippen LogP contribution is -2.22. The molecule has 8 nitrogen and oxygen atoms in total. The average molecular weight is 467 g/mol. The van der Waals surface area contributed by atoms with E-state index in [1.165, 1.54) is 11.3 Å². The van der Waals surface area contributed by atoms with E-state index in [-0.39, 0.29) is 5.91 Å². The Morgan fingerprint density at radius 1 is 1.19 bits per heavy atom. The van der Waals surface area contributed by atoms with E-state index in [1.807, 2.05) is 42.5 Å². The number of aromatic nitrogens is 3. The molecule has 1 aliphatic rings. The highest BCUT2D eigenvalue weighted by Crippen LogP contribution is 2.29. The molecule has 1 saturated heterocycles. The van der Waals surface area contributed by atoms with Crippen molar-refractivity contribution in [2.75, 3.05) is 6.54 Å². The minimum atomic E-state index is -5.08.